The quantitative estimate of drug-likeness (QED) is 0.756. The van der Waals surface area contributed by atoms with Crippen molar-refractivity contribution < 1.29 is 9.47 Å². The van der Waals surface area contributed by atoms with E-state index in [1.165, 1.54) is 0 Å². The molecule has 2 rings (SSSR count). The summed E-state index contributed by atoms with van der Waals surface area (Å²) in [7, 11) is 0. The molecule has 1 aliphatic carbocycles. The standard InChI is InChI=1S/C14H18Cl2O2/c1-3-6-17-14-11(16)8-13(14)18-12-7-10(15)5-4-9(12)2/h4-5,7,11,13-14H,3,6,8H2,1-2H3. The fourth-order valence-electron chi connectivity index (χ4n) is 1.97. The Morgan fingerprint density at radius 3 is 2.83 bits per heavy atom. The van der Waals surface area contributed by atoms with Gasteiger partial charge in [0, 0.05) is 18.1 Å². The predicted octanol–water partition coefficient (Wildman–Crippen LogP) is 4.20. The molecule has 3 atom stereocenters. The molecule has 100 valence electrons. The zero-order valence-electron chi connectivity index (χ0n) is 10.7. The molecule has 0 radical (unpaired) electrons. The number of rotatable bonds is 5. The molecule has 0 aliphatic heterocycles. The molecule has 0 aromatic heterocycles. The predicted molar refractivity (Wildman–Crippen MR) is 74.9 cm³/mol. The molecule has 18 heavy (non-hydrogen) atoms. The first-order chi connectivity index (χ1) is 8.61. The topological polar surface area (TPSA) is 18.5 Å². The van der Waals surface area contributed by atoms with Crippen LogP contribution in [-0.4, -0.2) is 24.2 Å². The second-order valence-corrected chi connectivity index (χ2v) is 5.65. The van der Waals surface area contributed by atoms with Crippen LogP contribution in [0, 0.1) is 6.92 Å². The zero-order chi connectivity index (χ0) is 13.1. The molecule has 3 unspecified atom stereocenters. The number of hydrogen-bond donors (Lipinski definition) is 0. The third-order valence-corrected chi connectivity index (χ3v) is 3.78. The van der Waals surface area contributed by atoms with Gasteiger partial charge in [-0.2, -0.15) is 0 Å². The highest BCUT2D eigenvalue weighted by Crippen LogP contribution is 2.34. The van der Waals surface area contributed by atoms with E-state index in [2.05, 4.69) is 6.92 Å². The van der Waals surface area contributed by atoms with Crippen molar-refractivity contribution in [2.75, 3.05) is 6.61 Å². The Morgan fingerprint density at radius 1 is 1.39 bits per heavy atom. The van der Waals surface area contributed by atoms with E-state index >= 15 is 0 Å². The van der Waals surface area contributed by atoms with Crippen LogP contribution in [0.1, 0.15) is 25.3 Å². The van der Waals surface area contributed by atoms with Crippen LogP contribution in [0.5, 0.6) is 5.75 Å². The normalized spacial score (nSPS) is 26.8. The fraction of sp³-hybridized carbons (Fsp3) is 0.571. The summed E-state index contributed by atoms with van der Waals surface area (Å²) in [5, 5.41) is 0.740. The smallest absolute Gasteiger partial charge is 0.128 e. The lowest BCUT2D eigenvalue weighted by atomic mass is 9.90. The van der Waals surface area contributed by atoms with Crippen molar-refractivity contribution in [1.82, 2.24) is 0 Å². The minimum Gasteiger partial charge on any atom is -0.487 e. The number of halogens is 2. The van der Waals surface area contributed by atoms with E-state index in [1.807, 2.05) is 25.1 Å². The Kier molecular flexibility index (Phi) is 4.77. The van der Waals surface area contributed by atoms with Crippen molar-refractivity contribution in [3.63, 3.8) is 0 Å². The maximum atomic E-state index is 6.15. The summed E-state index contributed by atoms with van der Waals surface area (Å²) in [5.74, 6) is 0.821. The summed E-state index contributed by atoms with van der Waals surface area (Å²) < 4.78 is 11.7. The lowest BCUT2D eigenvalue weighted by molar-refractivity contribution is -0.0799. The first kappa shape index (κ1) is 14.0. The van der Waals surface area contributed by atoms with E-state index < -0.39 is 0 Å². The largest absolute Gasteiger partial charge is 0.487 e. The van der Waals surface area contributed by atoms with Gasteiger partial charge in [-0.15, -0.1) is 11.6 Å². The molecule has 2 nitrogen and oxygen atoms in total. The summed E-state index contributed by atoms with van der Waals surface area (Å²) in [4.78, 5) is 0. The minimum atomic E-state index is -0.00926. The molecule has 1 aromatic rings. The van der Waals surface area contributed by atoms with Crippen molar-refractivity contribution in [2.45, 2.75) is 44.3 Å². The second kappa shape index (κ2) is 6.14. The molecular formula is C14H18Cl2O2. The maximum absolute atomic E-state index is 6.15. The van der Waals surface area contributed by atoms with Gasteiger partial charge in [0.05, 0.1) is 5.38 Å². The van der Waals surface area contributed by atoms with Gasteiger partial charge in [-0.05, 0) is 31.0 Å². The van der Waals surface area contributed by atoms with Gasteiger partial charge in [0.2, 0.25) is 0 Å². The molecular weight excluding hydrogens is 271 g/mol. The van der Waals surface area contributed by atoms with E-state index in [4.69, 9.17) is 32.7 Å². The Balaban J connectivity index is 1.98. The third-order valence-electron chi connectivity index (χ3n) is 3.12. The molecule has 1 saturated carbocycles. The Morgan fingerprint density at radius 2 is 2.17 bits per heavy atom. The molecule has 4 heteroatoms. The summed E-state index contributed by atoms with van der Waals surface area (Å²) in [6.45, 7) is 4.81. The van der Waals surface area contributed by atoms with Crippen LogP contribution in [0.2, 0.25) is 5.02 Å². The molecule has 0 N–H and O–H groups in total. The van der Waals surface area contributed by atoms with E-state index in [0.717, 1.165) is 30.8 Å². The Labute approximate surface area is 118 Å². The molecule has 0 spiro atoms. The van der Waals surface area contributed by atoms with Crippen LogP contribution in [-0.2, 0) is 4.74 Å². The minimum absolute atomic E-state index is 0.00926. The lowest BCUT2D eigenvalue weighted by Gasteiger charge is -2.40. The van der Waals surface area contributed by atoms with E-state index in [-0.39, 0.29) is 17.6 Å². The van der Waals surface area contributed by atoms with Gasteiger partial charge in [-0.25, -0.2) is 0 Å². The molecule has 1 aliphatic rings. The third kappa shape index (κ3) is 3.11. The van der Waals surface area contributed by atoms with Crippen LogP contribution in [0.25, 0.3) is 0 Å². The Hall–Kier alpha value is -0.440. The number of aryl methyl sites for hydroxylation is 1. The number of hydrogen-bond acceptors (Lipinski definition) is 2. The van der Waals surface area contributed by atoms with Crippen LogP contribution >= 0.6 is 23.2 Å². The van der Waals surface area contributed by atoms with Crippen molar-refractivity contribution in [2.24, 2.45) is 0 Å². The highest BCUT2D eigenvalue weighted by atomic mass is 35.5. The van der Waals surface area contributed by atoms with Crippen molar-refractivity contribution in [3.8, 4) is 5.75 Å². The van der Waals surface area contributed by atoms with Gasteiger partial charge < -0.3 is 9.47 Å². The highest BCUT2D eigenvalue weighted by Gasteiger charge is 2.42. The van der Waals surface area contributed by atoms with Crippen molar-refractivity contribution in [1.29, 1.82) is 0 Å². The van der Waals surface area contributed by atoms with Gasteiger partial charge in [0.25, 0.3) is 0 Å². The van der Waals surface area contributed by atoms with Gasteiger partial charge in [0.1, 0.15) is 18.0 Å². The highest BCUT2D eigenvalue weighted by molar-refractivity contribution is 6.30. The van der Waals surface area contributed by atoms with Crippen molar-refractivity contribution in [3.05, 3.63) is 28.8 Å². The van der Waals surface area contributed by atoms with Crippen molar-refractivity contribution >= 4 is 23.2 Å². The fourth-order valence-corrected chi connectivity index (χ4v) is 2.54. The molecule has 1 aromatic carbocycles. The molecule has 0 amide bonds. The van der Waals surface area contributed by atoms with Gasteiger partial charge in [0.15, 0.2) is 0 Å². The molecule has 1 fully saturated rings. The average Bonchev–Trinajstić information content (AvgIpc) is 2.33. The summed E-state index contributed by atoms with van der Waals surface area (Å²) in [6, 6.07) is 5.66. The van der Waals surface area contributed by atoms with E-state index in [0.29, 0.717) is 5.02 Å². The SMILES string of the molecule is CCCOC1C(Cl)CC1Oc1cc(Cl)ccc1C. The Bertz CT molecular complexity index is 409. The summed E-state index contributed by atoms with van der Waals surface area (Å²) >= 11 is 12.1. The second-order valence-electron chi connectivity index (χ2n) is 4.65. The summed E-state index contributed by atoms with van der Waals surface area (Å²) in [5.41, 5.74) is 1.08. The monoisotopic (exact) mass is 288 g/mol. The number of ether oxygens (including phenoxy) is 2. The van der Waals surface area contributed by atoms with Crippen LogP contribution < -0.4 is 4.74 Å². The van der Waals surface area contributed by atoms with Crippen LogP contribution in [0.15, 0.2) is 18.2 Å². The van der Waals surface area contributed by atoms with Gasteiger partial charge in [-0.3, -0.25) is 0 Å². The molecule has 0 saturated heterocycles. The first-order valence-corrected chi connectivity index (χ1v) is 7.11. The van der Waals surface area contributed by atoms with Crippen LogP contribution in [0.3, 0.4) is 0 Å². The lowest BCUT2D eigenvalue weighted by Crippen LogP contribution is -2.52. The van der Waals surface area contributed by atoms with E-state index in [9.17, 15) is 0 Å². The first-order valence-electron chi connectivity index (χ1n) is 6.30. The molecule has 0 heterocycles. The zero-order valence-corrected chi connectivity index (χ0v) is 12.2. The average molecular weight is 289 g/mol. The van der Waals surface area contributed by atoms with Crippen LogP contribution in [0.4, 0.5) is 0 Å². The number of benzene rings is 1. The summed E-state index contributed by atoms with van der Waals surface area (Å²) in [6.07, 6.45) is 1.84. The van der Waals surface area contributed by atoms with Gasteiger partial charge >= 0.3 is 0 Å². The maximum Gasteiger partial charge on any atom is 0.128 e. The number of alkyl halides is 1. The molecule has 0 bridgehead atoms. The van der Waals surface area contributed by atoms with E-state index in [1.54, 1.807) is 0 Å². The van der Waals surface area contributed by atoms with Gasteiger partial charge in [-0.1, -0.05) is 24.6 Å².